The number of anilines is 1. The lowest BCUT2D eigenvalue weighted by atomic mass is 9.73. The zero-order valence-corrected chi connectivity index (χ0v) is 19.6. The number of aliphatic imine (C=N–C) groups is 1. The standard InChI is InChI=1S/C26H28N4O2S/c1-25(21-12-11-20(33-21)17-5-3-6-19(27)15-17)22(23(31)30(2)24(28)29-25)16-7-9-18(10-8-16)26(32)13-4-14-26/h3,5-12,15,22,32H,4,13-14,27H2,1-2H3,(H2,28,29)/t22?,25-/m1/s1. The summed E-state index contributed by atoms with van der Waals surface area (Å²) < 4.78 is 0. The Balaban J connectivity index is 1.57. The normalized spacial score (nSPS) is 24.3. The zero-order chi connectivity index (χ0) is 23.4. The first-order valence-electron chi connectivity index (χ1n) is 11.1. The summed E-state index contributed by atoms with van der Waals surface area (Å²) in [6.07, 6.45) is 2.58. The molecule has 5 rings (SSSR count). The molecule has 0 bridgehead atoms. The quantitative estimate of drug-likeness (QED) is 0.509. The Morgan fingerprint density at radius 3 is 2.45 bits per heavy atom. The number of amides is 1. The van der Waals surface area contributed by atoms with Crippen LogP contribution in [0.4, 0.5) is 5.69 Å². The van der Waals surface area contributed by atoms with Gasteiger partial charge >= 0.3 is 0 Å². The van der Waals surface area contributed by atoms with Crippen LogP contribution in [0, 0.1) is 0 Å². The van der Waals surface area contributed by atoms with Crippen molar-refractivity contribution < 1.29 is 9.90 Å². The van der Waals surface area contributed by atoms with Crippen molar-refractivity contribution in [3.8, 4) is 10.4 Å². The Morgan fingerprint density at radius 2 is 1.82 bits per heavy atom. The third kappa shape index (κ3) is 3.52. The molecule has 5 N–H and O–H groups in total. The molecule has 0 spiro atoms. The number of aliphatic hydroxyl groups is 1. The molecule has 1 amide bonds. The lowest BCUT2D eigenvalue weighted by Crippen LogP contribution is -2.52. The van der Waals surface area contributed by atoms with E-state index < -0.39 is 17.1 Å². The number of benzene rings is 2. The maximum atomic E-state index is 13.5. The van der Waals surface area contributed by atoms with E-state index in [0.29, 0.717) is 5.69 Å². The highest BCUT2D eigenvalue weighted by molar-refractivity contribution is 7.15. The average molecular weight is 461 g/mol. The molecule has 1 aliphatic heterocycles. The van der Waals surface area contributed by atoms with Crippen molar-refractivity contribution in [3.05, 3.63) is 76.7 Å². The molecule has 1 unspecified atom stereocenters. The van der Waals surface area contributed by atoms with Gasteiger partial charge in [-0.05, 0) is 67.1 Å². The van der Waals surface area contributed by atoms with Crippen LogP contribution in [0.1, 0.15) is 48.1 Å². The van der Waals surface area contributed by atoms with Crippen molar-refractivity contribution in [1.82, 2.24) is 4.90 Å². The Morgan fingerprint density at radius 1 is 1.09 bits per heavy atom. The second kappa shape index (κ2) is 7.71. The van der Waals surface area contributed by atoms with E-state index in [4.69, 9.17) is 16.5 Å². The smallest absolute Gasteiger partial charge is 0.239 e. The molecule has 1 fully saturated rings. The highest BCUT2D eigenvalue weighted by atomic mass is 32.1. The van der Waals surface area contributed by atoms with E-state index in [0.717, 1.165) is 45.7 Å². The molecule has 2 heterocycles. The van der Waals surface area contributed by atoms with Crippen LogP contribution in [0.5, 0.6) is 0 Å². The monoisotopic (exact) mass is 460 g/mol. The van der Waals surface area contributed by atoms with Gasteiger partial charge in [-0.2, -0.15) is 0 Å². The van der Waals surface area contributed by atoms with E-state index in [1.165, 1.54) is 4.90 Å². The van der Waals surface area contributed by atoms with Gasteiger partial charge in [-0.1, -0.05) is 36.4 Å². The number of nitrogens with zero attached hydrogens (tertiary/aromatic N) is 2. The number of carbonyl (C=O) groups is 1. The number of guanidine groups is 1. The maximum Gasteiger partial charge on any atom is 0.239 e. The van der Waals surface area contributed by atoms with Gasteiger partial charge in [0.25, 0.3) is 0 Å². The maximum absolute atomic E-state index is 13.5. The van der Waals surface area contributed by atoms with Gasteiger partial charge in [-0.25, -0.2) is 4.99 Å². The molecule has 2 atom stereocenters. The van der Waals surface area contributed by atoms with E-state index in [9.17, 15) is 9.90 Å². The number of hydrogen-bond donors (Lipinski definition) is 3. The number of thiophene rings is 1. The average Bonchev–Trinajstić information content (AvgIpc) is 3.28. The summed E-state index contributed by atoms with van der Waals surface area (Å²) in [5, 5.41) is 10.7. The van der Waals surface area contributed by atoms with Gasteiger partial charge in [0.2, 0.25) is 5.91 Å². The first kappa shape index (κ1) is 21.7. The van der Waals surface area contributed by atoms with Gasteiger partial charge < -0.3 is 16.6 Å². The van der Waals surface area contributed by atoms with Crippen LogP contribution in [-0.4, -0.2) is 28.9 Å². The second-order valence-electron chi connectivity index (χ2n) is 9.24. The summed E-state index contributed by atoms with van der Waals surface area (Å²) in [6.45, 7) is 1.97. The van der Waals surface area contributed by atoms with E-state index in [1.807, 2.05) is 67.6 Å². The number of nitrogen functional groups attached to an aromatic ring is 1. The van der Waals surface area contributed by atoms with Crippen LogP contribution in [-0.2, 0) is 15.9 Å². The summed E-state index contributed by atoms with van der Waals surface area (Å²) >= 11 is 1.59. The van der Waals surface area contributed by atoms with E-state index in [2.05, 4.69) is 0 Å². The molecule has 170 valence electrons. The van der Waals surface area contributed by atoms with Crippen molar-refractivity contribution in [2.24, 2.45) is 10.7 Å². The topological polar surface area (TPSA) is 105 Å². The Labute approximate surface area is 197 Å². The lowest BCUT2D eigenvalue weighted by Gasteiger charge is -2.40. The third-order valence-corrected chi connectivity index (χ3v) is 8.43. The molecule has 7 heteroatoms. The number of rotatable bonds is 4. The molecule has 0 radical (unpaired) electrons. The minimum Gasteiger partial charge on any atom is -0.399 e. The number of nitrogens with two attached hydrogens (primary N) is 2. The summed E-state index contributed by atoms with van der Waals surface area (Å²) in [4.78, 5) is 21.8. The van der Waals surface area contributed by atoms with Gasteiger partial charge in [-0.3, -0.25) is 9.69 Å². The highest BCUT2D eigenvalue weighted by Gasteiger charge is 2.48. The number of hydrogen-bond acceptors (Lipinski definition) is 6. The molecule has 2 aromatic carbocycles. The van der Waals surface area contributed by atoms with Gasteiger partial charge in [0, 0.05) is 22.5 Å². The van der Waals surface area contributed by atoms with Crippen LogP contribution < -0.4 is 11.5 Å². The molecule has 1 aliphatic carbocycles. The fraction of sp³-hybridized carbons (Fsp3) is 0.308. The van der Waals surface area contributed by atoms with Crippen molar-refractivity contribution >= 4 is 28.9 Å². The van der Waals surface area contributed by atoms with Gasteiger partial charge in [-0.15, -0.1) is 11.3 Å². The molecule has 0 saturated heterocycles. The first-order chi connectivity index (χ1) is 15.7. The van der Waals surface area contributed by atoms with Gasteiger partial charge in [0.15, 0.2) is 5.96 Å². The van der Waals surface area contributed by atoms with Crippen molar-refractivity contribution in [2.75, 3.05) is 12.8 Å². The second-order valence-corrected chi connectivity index (χ2v) is 10.3. The molecule has 3 aromatic rings. The Hall–Kier alpha value is -3.16. The zero-order valence-electron chi connectivity index (χ0n) is 18.8. The van der Waals surface area contributed by atoms with Crippen molar-refractivity contribution in [3.63, 3.8) is 0 Å². The van der Waals surface area contributed by atoms with Crippen molar-refractivity contribution in [2.45, 2.75) is 43.2 Å². The molecular formula is C26H28N4O2S. The molecule has 2 aliphatic rings. The molecule has 1 saturated carbocycles. The first-order valence-corrected chi connectivity index (χ1v) is 11.9. The number of carbonyl (C=O) groups excluding carboxylic acids is 1. The molecule has 6 nitrogen and oxygen atoms in total. The van der Waals surface area contributed by atoms with Crippen LogP contribution in [0.3, 0.4) is 0 Å². The van der Waals surface area contributed by atoms with E-state index in [-0.39, 0.29) is 11.9 Å². The highest BCUT2D eigenvalue weighted by Crippen LogP contribution is 2.48. The summed E-state index contributed by atoms with van der Waals surface area (Å²) in [6, 6.07) is 19.6. The molecule has 1 aromatic heterocycles. The predicted octanol–water partition coefficient (Wildman–Crippen LogP) is 4.15. The van der Waals surface area contributed by atoms with Crippen LogP contribution >= 0.6 is 11.3 Å². The summed E-state index contributed by atoms with van der Waals surface area (Å²) in [5.74, 6) is -0.427. The fourth-order valence-electron chi connectivity index (χ4n) is 4.83. The SMILES string of the molecule is CN1C(=O)C(c2ccc(C3(O)CCC3)cc2)[C@@](C)(c2ccc(-c3cccc(N)c3)s2)N=C1N. The number of likely N-dealkylation sites (N-methyl/N-ethyl adjacent to an activating group) is 1. The summed E-state index contributed by atoms with van der Waals surface area (Å²) in [7, 11) is 1.66. The Kier molecular flexibility index (Phi) is 5.06. The Bertz CT molecular complexity index is 1250. The van der Waals surface area contributed by atoms with Crippen LogP contribution in [0.25, 0.3) is 10.4 Å². The molecular weight excluding hydrogens is 432 g/mol. The largest absolute Gasteiger partial charge is 0.399 e. The van der Waals surface area contributed by atoms with E-state index >= 15 is 0 Å². The third-order valence-electron chi connectivity index (χ3n) is 7.07. The van der Waals surface area contributed by atoms with Gasteiger partial charge in [0.05, 0.1) is 11.5 Å². The molecule has 33 heavy (non-hydrogen) atoms. The fourth-order valence-corrected chi connectivity index (χ4v) is 5.96. The van der Waals surface area contributed by atoms with Crippen LogP contribution in [0.15, 0.2) is 65.7 Å². The van der Waals surface area contributed by atoms with Crippen LogP contribution in [0.2, 0.25) is 0 Å². The lowest BCUT2D eigenvalue weighted by molar-refractivity contribution is -0.130. The minimum absolute atomic E-state index is 0.0981. The predicted molar refractivity (Wildman–Crippen MR) is 133 cm³/mol. The minimum atomic E-state index is -0.855. The van der Waals surface area contributed by atoms with Gasteiger partial charge in [0.1, 0.15) is 5.54 Å². The summed E-state index contributed by atoms with van der Waals surface area (Å²) in [5.41, 5.74) is 14.1. The van der Waals surface area contributed by atoms with E-state index in [1.54, 1.807) is 18.4 Å². The van der Waals surface area contributed by atoms with Crippen molar-refractivity contribution in [1.29, 1.82) is 0 Å².